The molecule has 0 bridgehead atoms. The molecule has 11 nitrogen and oxygen atoms in total. The predicted molar refractivity (Wildman–Crippen MR) is 125 cm³/mol. The van der Waals surface area contributed by atoms with E-state index >= 15 is 0 Å². The van der Waals surface area contributed by atoms with Crippen LogP contribution in [0.3, 0.4) is 0 Å². The summed E-state index contributed by atoms with van der Waals surface area (Å²) in [4.78, 5) is 35.3. The van der Waals surface area contributed by atoms with E-state index in [0.29, 0.717) is 36.4 Å². The molecule has 1 aromatic carbocycles. The minimum Gasteiger partial charge on any atom is -0.459 e. The van der Waals surface area contributed by atoms with Gasteiger partial charge in [0, 0.05) is 26.2 Å². The van der Waals surface area contributed by atoms with Crippen molar-refractivity contribution >= 4 is 46.6 Å². The van der Waals surface area contributed by atoms with Crippen molar-refractivity contribution in [3.63, 3.8) is 0 Å². The number of esters is 1. The van der Waals surface area contributed by atoms with Crippen molar-refractivity contribution < 1.29 is 19.1 Å². The van der Waals surface area contributed by atoms with Crippen LogP contribution >= 0.6 is 11.8 Å². The SMILES string of the molecule is CCOC(=O)C(=O)Nc1nc(SC)nc(NCCN2CCOCC2)c1/N=N/c1ccccc1. The summed E-state index contributed by atoms with van der Waals surface area (Å²) in [5, 5.41) is 14.7. The number of nitrogens with one attached hydrogen (secondary N) is 2. The molecule has 1 fully saturated rings. The van der Waals surface area contributed by atoms with Gasteiger partial charge in [-0.05, 0) is 25.3 Å². The number of anilines is 2. The molecule has 2 N–H and O–H groups in total. The molecule has 0 unspecified atom stereocenters. The molecule has 2 heterocycles. The summed E-state index contributed by atoms with van der Waals surface area (Å²) >= 11 is 1.30. The average molecular weight is 474 g/mol. The Balaban J connectivity index is 1.87. The normalized spacial score (nSPS) is 14.2. The fraction of sp³-hybridized carbons (Fsp3) is 0.429. The van der Waals surface area contributed by atoms with Crippen LogP contribution in [-0.4, -0.2) is 79.0 Å². The maximum absolute atomic E-state index is 12.3. The largest absolute Gasteiger partial charge is 0.459 e. The number of thioether (sulfide) groups is 1. The maximum Gasteiger partial charge on any atom is 0.397 e. The zero-order chi connectivity index (χ0) is 23.5. The molecule has 0 atom stereocenters. The van der Waals surface area contributed by atoms with Gasteiger partial charge in [-0.3, -0.25) is 15.0 Å². The van der Waals surface area contributed by atoms with Gasteiger partial charge in [-0.25, -0.2) is 14.8 Å². The maximum atomic E-state index is 12.3. The van der Waals surface area contributed by atoms with Crippen LogP contribution in [0.25, 0.3) is 0 Å². The molecule has 1 aromatic heterocycles. The molecular weight excluding hydrogens is 446 g/mol. The zero-order valence-corrected chi connectivity index (χ0v) is 19.4. The van der Waals surface area contributed by atoms with E-state index in [-0.39, 0.29) is 18.1 Å². The molecule has 0 saturated carbocycles. The molecule has 176 valence electrons. The molecule has 12 heteroatoms. The van der Waals surface area contributed by atoms with Crippen LogP contribution in [-0.2, 0) is 19.1 Å². The second-order valence-corrected chi connectivity index (χ2v) is 7.62. The summed E-state index contributed by atoms with van der Waals surface area (Å²) in [6.45, 7) is 6.23. The van der Waals surface area contributed by atoms with Gasteiger partial charge in [0.1, 0.15) is 0 Å². The van der Waals surface area contributed by atoms with Crippen molar-refractivity contribution in [2.24, 2.45) is 10.2 Å². The summed E-state index contributed by atoms with van der Waals surface area (Å²) in [5.41, 5.74) is 0.838. The highest BCUT2D eigenvalue weighted by atomic mass is 32.2. The van der Waals surface area contributed by atoms with Crippen LogP contribution in [0.2, 0.25) is 0 Å². The van der Waals surface area contributed by atoms with E-state index in [9.17, 15) is 9.59 Å². The van der Waals surface area contributed by atoms with E-state index in [1.165, 1.54) is 11.8 Å². The van der Waals surface area contributed by atoms with Crippen LogP contribution < -0.4 is 10.6 Å². The Labute approximate surface area is 196 Å². The minimum atomic E-state index is -1.01. The number of carbonyl (C=O) groups excluding carboxylic acids is 2. The van der Waals surface area contributed by atoms with E-state index < -0.39 is 11.9 Å². The number of benzene rings is 1. The molecular formula is C21H27N7O4S. The third-order valence-corrected chi connectivity index (χ3v) is 5.13. The van der Waals surface area contributed by atoms with Gasteiger partial charge < -0.3 is 14.8 Å². The second kappa shape index (κ2) is 12.8. The van der Waals surface area contributed by atoms with E-state index in [0.717, 1.165) is 19.6 Å². The third-order valence-electron chi connectivity index (χ3n) is 4.58. The number of carbonyl (C=O) groups is 2. The molecule has 0 radical (unpaired) electrons. The lowest BCUT2D eigenvalue weighted by atomic mass is 10.3. The Morgan fingerprint density at radius 2 is 1.88 bits per heavy atom. The first kappa shape index (κ1) is 24.6. The lowest BCUT2D eigenvalue weighted by molar-refractivity contribution is -0.152. The number of hydrogen-bond donors (Lipinski definition) is 2. The van der Waals surface area contributed by atoms with Gasteiger partial charge in [0.15, 0.2) is 22.5 Å². The highest BCUT2D eigenvalue weighted by Crippen LogP contribution is 2.34. The Hall–Kier alpha value is -3.09. The van der Waals surface area contributed by atoms with Gasteiger partial charge in [-0.2, -0.15) is 5.11 Å². The topological polar surface area (TPSA) is 130 Å². The standard InChI is InChI=1S/C21H27N7O4S/c1-3-32-20(30)19(29)23-18-16(27-26-15-7-5-4-6-8-15)17(24-21(25-18)33-2)22-9-10-28-11-13-31-14-12-28/h4-8H,3,9-14H2,1-2H3,(H2,22,23,24,25,29)/b27-26+. The molecule has 3 rings (SSSR count). The summed E-state index contributed by atoms with van der Waals surface area (Å²) in [5.74, 6) is -1.48. The molecule has 2 aromatic rings. The van der Waals surface area contributed by atoms with Gasteiger partial charge in [0.25, 0.3) is 0 Å². The number of amides is 1. The van der Waals surface area contributed by atoms with Crippen molar-refractivity contribution in [2.75, 3.05) is 62.9 Å². The van der Waals surface area contributed by atoms with Crippen molar-refractivity contribution in [1.82, 2.24) is 14.9 Å². The highest BCUT2D eigenvalue weighted by Gasteiger charge is 2.21. The lowest BCUT2D eigenvalue weighted by Gasteiger charge is -2.26. The quantitative estimate of drug-likeness (QED) is 0.186. The number of azo groups is 1. The second-order valence-electron chi connectivity index (χ2n) is 6.85. The third kappa shape index (κ3) is 7.48. The smallest absolute Gasteiger partial charge is 0.397 e. The van der Waals surface area contributed by atoms with Gasteiger partial charge in [-0.15, -0.1) is 5.11 Å². The molecule has 1 aliphatic heterocycles. The molecule has 1 amide bonds. The fourth-order valence-electron chi connectivity index (χ4n) is 2.95. The number of morpholine rings is 1. The van der Waals surface area contributed by atoms with Crippen molar-refractivity contribution in [3.05, 3.63) is 30.3 Å². The number of nitrogens with zero attached hydrogens (tertiary/aromatic N) is 5. The average Bonchev–Trinajstić information content (AvgIpc) is 2.84. The first-order valence-electron chi connectivity index (χ1n) is 10.6. The molecule has 0 aliphatic carbocycles. The van der Waals surface area contributed by atoms with Gasteiger partial charge >= 0.3 is 11.9 Å². The first-order valence-corrected chi connectivity index (χ1v) is 11.8. The Kier molecular flexibility index (Phi) is 9.54. The molecule has 1 saturated heterocycles. The van der Waals surface area contributed by atoms with Gasteiger partial charge in [0.2, 0.25) is 0 Å². The molecule has 33 heavy (non-hydrogen) atoms. The van der Waals surface area contributed by atoms with Crippen LogP contribution in [0, 0.1) is 0 Å². The zero-order valence-electron chi connectivity index (χ0n) is 18.6. The predicted octanol–water partition coefficient (Wildman–Crippen LogP) is 2.86. The Morgan fingerprint density at radius 1 is 1.15 bits per heavy atom. The van der Waals surface area contributed by atoms with E-state index in [1.807, 2.05) is 24.5 Å². The summed E-state index contributed by atoms with van der Waals surface area (Å²) in [6, 6.07) is 9.14. The van der Waals surface area contributed by atoms with Crippen LogP contribution in [0.5, 0.6) is 0 Å². The number of aromatic nitrogens is 2. The van der Waals surface area contributed by atoms with E-state index in [2.05, 4.69) is 35.7 Å². The summed E-state index contributed by atoms with van der Waals surface area (Å²) in [7, 11) is 0. The Bertz CT molecular complexity index is 969. The minimum absolute atomic E-state index is 0.0703. The van der Waals surface area contributed by atoms with Crippen molar-refractivity contribution in [3.8, 4) is 0 Å². The van der Waals surface area contributed by atoms with Crippen molar-refractivity contribution in [1.29, 1.82) is 0 Å². The van der Waals surface area contributed by atoms with Crippen molar-refractivity contribution in [2.45, 2.75) is 12.1 Å². The first-order chi connectivity index (χ1) is 16.1. The van der Waals surface area contributed by atoms with Crippen LogP contribution in [0.15, 0.2) is 45.7 Å². The van der Waals surface area contributed by atoms with Crippen LogP contribution in [0.1, 0.15) is 6.92 Å². The lowest BCUT2D eigenvalue weighted by Crippen LogP contribution is -2.39. The van der Waals surface area contributed by atoms with Gasteiger partial charge in [0.05, 0.1) is 25.5 Å². The number of hydrogen-bond acceptors (Lipinski definition) is 11. The van der Waals surface area contributed by atoms with Gasteiger partial charge in [-0.1, -0.05) is 30.0 Å². The number of ether oxygens (including phenoxy) is 2. The summed E-state index contributed by atoms with van der Waals surface area (Å²) < 4.78 is 10.2. The van der Waals surface area contributed by atoms with E-state index in [1.54, 1.807) is 19.1 Å². The number of rotatable bonds is 9. The Morgan fingerprint density at radius 3 is 2.58 bits per heavy atom. The monoisotopic (exact) mass is 473 g/mol. The van der Waals surface area contributed by atoms with E-state index in [4.69, 9.17) is 9.47 Å². The molecule has 1 aliphatic rings. The highest BCUT2D eigenvalue weighted by molar-refractivity contribution is 7.98. The molecule has 0 spiro atoms. The summed E-state index contributed by atoms with van der Waals surface area (Å²) in [6.07, 6.45) is 1.81. The van der Waals surface area contributed by atoms with Crippen LogP contribution in [0.4, 0.5) is 23.0 Å². The fourth-order valence-corrected chi connectivity index (χ4v) is 3.31.